The maximum Gasteiger partial charge on any atom is 0.341 e. The molecule has 1 aromatic rings. The van der Waals surface area contributed by atoms with Crippen LogP contribution in [0.4, 0.5) is 14.5 Å². The van der Waals surface area contributed by atoms with Gasteiger partial charge in [0.05, 0.1) is 4.90 Å². The van der Waals surface area contributed by atoms with Crippen molar-refractivity contribution in [1.82, 2.24) is 0 Å². The molecule has 0 bridgehead atoms. The molecule has 2 atom stereocenters. The van der Waals surface area contributed by atoms with Crippen LogP contribution in [0.1, 0.15) is 13.3 Å². The highest BCUT2D eigenvalue weighted by Gasteiger charge is 2.26. The Labute approximate surface area is 115 Å². The van der Waals surface area contributed by atoms with Crippen LogP contribution in [0, 0.1) is 0 Å². The van der Waals surface area contributed by atoms with E-state index in [2.05, 4.69) is 12.2 Å². The number of nitrogens with one attached hydrogen (secondary N) is 1. The van der Waals surface area contributed by atoms with Crippen LogP contribution in [0.5, 0.6) is 0 Å². The van der Waals surface area contributed by atoms with Crippen molar-refractivity contribution in [2.45, 2.75) is 35.3 Å². The van der Waals surface area contributed by atoms with E-state index < -0.39 is 15.6 Å². The summed E-state index contributed by atoms with van der Waals surface area (Å²) in [6.45, 7) is 2.16. The quantitative estimate of drug-likeness (QED) is 0.929. The van der Waals surface area contributed by atoms with Crippen LogP contribution in [0.3, 0.4) is 0 Å². The monoisotopic (exact) mass is 307 g/mol. The molecule has 0 spiro atoms. The van der Waals surface area contributed by atoms with E-state index in [1.807, 2.05) is 11.8 Å². The first kappa shape index (κ1) is 14.6. The molecule has 1 aliphatic heterocycles. The molecule has 1 aliphatic rings. The minimum atomic E-state index is -4.49. The summed E-state index contributed by atoms with van der Waals surface area (Å²) in [7, 11) is -4.49. The predicted octanol–water partition coefficient (Wildman–Crippen LogP) is 2.99. The molecular formula is C12H15F2NO2S2. The zero-order valence-corrected chi connectivity index (χ0v) is 12.0. The van der Waals surface area contributed by atoms with Crippen LogP contribution < -0.4 is 5.32 Å². The third-order valence-corrected chi connectivity index (χ3v) is 5.74. The van der Waals surface area contributed by atoms with E-state index in [0.29, 0.717) is 11.3 Å². The fourth-order valence-electron chi connectivity index (χ4n) is 2.00. The number of hydrogen-bond acceptors (Lipinski definition) is 4. The first-order valence-electron chi connectivity index (χ1n) is 5.90. The van der Waals surface area contributed by atoms with Crippen molar-refractivity contribution in [2.75, 3.05) is 11.1 Å². The van der Waals surface area contributed by atoms with Gasteiger partial charge in [-0.15, -0.1) is 0 Å². The molecule has 3 nitrogen and oxygen atoms in total. The maximum absolute atomic E-state index is 12.4. The lowest BCUT2D eigenvalue weighted by molar-refractivity contribution is 0.234. The molecule has 2 rings (SSSR count). The summed E-state index contributed by atoms with van der Waals surface area (Å²) in [4.78, 5) is -0.345. The van der Waals surface area contributed by atoms with Gasteiger partial charge in [0.15, 0.2) is 0 Å². The molecule has 7 heteroatoms. The number of thioether (sulfide) groups is 1. The Hall–Kier alpha value is -0.820. The number of halogens is 2. The van der Waals surface area contributed by atoms with Gasteiger partial charge in [-0.05, 0) is 30.7 Å². The molecule has 0 aliphatic carbocycles. The Kier molecular flexibility index (Phi) is 4.35. The van der Waals surface area contributed by atoms with E-state index in [4.69, 9.17) is 0 Å². The van der Waals surface area contributed by atoms with Crippen molar-refractivity contribution >= 4 is 27.3 Å². The Balaban J connectivity index is 2.07. The zero-order chi connectivity index (χ0) is 14.0. The number of benzene rings is 1. The average Bonchev–Trinajstić information content (AvgIpc) is 2.75. The van der Waals surface area contributed by atoms with Gasteiger partial charge >= 0.3 is 5.76 Å². The van der Waals surface area contributed by atoms with Crippen LogP contribution in [0.15, 0.2) is 29.2 Å². The van der Waals surface area contributed by atoms with Crippen LogP contribution in [-0.2, 0) is 9.84 Å². The van der Waals surface area contributed by atoms with Gasteiger partial charge < -0.3 is 5.32 Å². The van der Waals surface area contributed by atoms with E-state index in [9.17, 15) is 17.2 Å². The summed E-state index contributed by atoms with van der Waals surface area (Å²) in [5, 5.41) is 3.88. The van der Waals surface area contributed by atoms with Crippen molar-refractivity contribution in [2.24, 2.45) is 0 Å². The Morgan fingerprint density at radius 1 is 1.32 bits per heavy atom. The van der Waals surface area contributed by atoms with Gasteiger partial charge in [-0.1, -0.05) is 6.92 Å². The highest BCUT2D eigenvalue weighted by molar-refractivity contribution is 8.00. The average molecular weight is 307 g/mol. The van der Waals surface area contributed by atoms with Gasteiger partial charge in [0.1, 0.15) is 0 Å². The lowest BCUT2D eigenvalue weighted by atomic mass is 10.2. The predicted molar refractivity (Wildman–Crippen MR) is 73.6 cm³/mol. The molecule has 0 radical (unpaired) electrons. The van der Waals surface area contributed by atoms with E-state index in [0.717, 1.165) is 17.9 Å². The number of alkyl halides is 2. The van der Waals surface area contributed by atoms with Crippen molar-refractivity contribution in [3.63, 3.8) is 0 Å². The van der Waals surface area contributed by atoms with Gasteiger partial charge in [-0.25, -0.2) is 8.42 Å². The fourth-order valence-corrected chi connectivity index (χ4v) is 3.87. The first-order valence-corrected chi connectivity index (χ1v) is 8.49. The van der Waals surface area contributed by atoms with Gasteiger partial charge in [0.2, 0.25) is 9.84 Å². The van der Waals surface area contributed by atoms with E-state index in [1.165, 1.54) is 24.3 Å². The molecule has 1 aromatic carbocycles. The molecule has 1 fully saturated rings. The van der Waals surface area contributed by atoms with Crippen LogP contribution in [0.25, 0.3) is 0 Å². The highest BCUT2D eigenvalue weighted by atomic mass is 32.2. The van der Waals surface area contributed by atoms with Crippen LogP contribution >= 0.6 is 11.8 Å². The lowest BCUT2D eigenvalue weighted by Gasteiger charge is -2.13. The maximum atomic E-state index is 12.4. The zero-order valence-electron chi connectivity index (χ0n) is 10.3. The Morgan fingerprint density at radius 2 is 1.95 bits per heavy atom. The summed E-state index contributed by atoms with van der Waals surface area (Å²) >= 11 is 1.88. The molecule has 2 unspecified atom stereocenters. The number of anilines is 1. The SMILES string of the molecule is CC1CC(Nc2ccc(S(=O)(=O)C(F)F)cc2)CS1. The number of hydrogen-bond donors (Lipinski definition) is 1. The third kappa shape index (κ3) is 3.39. The summed E-state index contributed by atoms with van der Waals surface area (Å²) in [6, 6.07) is 5.84. The summed E-state index contributed by atoms with van der Waals surface area (Å²) in [5.74, 6) is -2.38. The molecule has 0 saturated carbocycles. The van der Waals surface area contributed by atoms with Gasteiger partial charge in [0.25, 0.3) is 0 Å². The topological polar surface area (TPSA) is 46.2 Å². The van der Waals surface area contributed by atoms with Gasteiger partial charge in [-0.3, -0.25) is 0 Å². The molecule has 1 N–H and O–H groups in total. The van der Waals surface area contributed by atoms with Crippen molar-refractivity contribution in [3.8, 4) is 0 Å². The summed E-state index contributed by atoms with van der Waals surface area (Å²) in [5.41, 5.74) is 0.757. The fraction of sp³-hybridized carbons (Fsp3) is 0.500. The minimum absolute atomic E-state index is 0.345. The minimum Gasteiger partial charge on any atom is -0.381 e. The lowest BCUT2D eigenvalue weighted by Crippen LogP contribution is -2.19. The van der Waals surface area contributed by atoms with Crippen LogP contribution in [0.2, 0.25) is 0 Å². The van der Waals surface area contributed by atoms with Crippen molar-refractivity contribution in [3.05, 3.63) is 24.3 Å². The second kappa shape index (κ2) is 5.66. The largest absolute Gasteiger partial charge is 0.381 e. The second-order valence-corrected chi connectivity index (χ2v) is 7.94. The van der Waals surface area contributed by atoms with Gasteiger partial charge in [-0.2, -0.15) is 20.5 Å². The van der Waals surface area contributed by atoms with Crippen LogP contribution in [-0.4, -0.2) is 31.2 Å². The third-order valence-electron chi connectivity index (χ3n) is 2.99. The molecule has 0 amide bonds. The Bertz CT molecular complexity index is 531. The van der Waals surface area contributed by atoms with Crippen molar-refractivity contribution in [1.29, 1.82) is 0 Å². The molecule has 106 valence electrons. The molecule has 1 heterocycles. The molecular weight excluding hydrogens is 292 g/mol. The highest BCUT2D eigenvalue weighted by Crippen LogP contribution is 2.28. The second-order valence-electron chi connectivity index (χ2n) is 4.55. The normalized spacial score (nSPS) is 23.8. The summed E-state index contributed by atoms with van der Waals surface area (Å²) in [6.07, 6.45) is 1.04. The Morgan fingerprint density at radius 3 is 2.42 bits per heavy atom. The van der Waals surface area contributed by atoms with E-state index in [1.54, 1.807) is 0 Å². The molecule has 19 heavy (non-hydrogen) atoms. The standard InChI is InChI=1S/C12H15F2NO2S2/c1-8-6-10(7-18-8)15-9-2-4-11(5-3-9)19(16,17)12(13)14/h2-5,8,10,12,15H,6-7H2,1H3. The molecule has 0 aromatic heterocycles. The first-order chi connectivity index (χ1) is 8.89. The number of sulfone groups is 1. The summed E-state index contributed by atoms with van der Waals surface area (Å²) < 4.78 is 47.2. The van der Waals surface area contributed by atoms with Gasteiger partial charge in [0, 0.05) is 22.7 Å². The number of rotatable bonds is 4. The van der Waals surface area contributed by atoms with E-state index in [-0.39, 0.29) is 4.90 Å². The van der Waals surface area contributed by atoms with E-state index >= 15 is 0 Å². The van der Waals surface area contributed by atoms with Crippen molar-refractivity contribution < 1.29 is 17.2 Å². The molecule has 1 saturated heterocycles. The smallest absolute Gasteiger partial charge is 0.341 e.